The molecule has 1 saturated heterocycles. The van der Waals surface area contributed by atoms with Crippen LogP contribution in [0.5, 0.6) is 5.75 Å². The van der Waals surface area contributed by atoms with Crippen molar-refractivity contribution in [3.05, 3.63) is 53.6 Å². The van der Waals surface area contributed by atoms with Crippen LogP contribution < -0.4 is 15.5 Å². The number of amides is 3. The Labute approximate surface area is 152 Å². The summed E-state index contributed by atoms with van der Waals surface area (Å²) in [7, 11) is 0. The molecule has 7 heteroatoms. The number of likely N-dealkylation sites (tertiary alicyclic amines) is 1. The minimum Gasteiger partial charge on any atom is -0.492 e. The molecule has 1 aliphatic heterocycles. The van der Waals surface area contributed by atoms with E-state index in [1.165, 1.54) is 0 Å². The zero-order chi connectivity index (χ0) is 18.4. The summed E-state index contributed by atoms with van der Waals surface area (Å²) in [6.45, 7) is 1.98. The van der Waals surface area contributed by atoms with Gasteiger partial charge in [0.05, 0.1) is 12.5 Å². The van der Waals surface area contributed by atoms with Crippen LogP contribution in [0.2, 0.25) is 0 Å². The van der Waals surface area contributed by atoms with E-state index < -0.39 is 5.91 Å². The molecule has 1 heterocycles. The maximum absolute atomic E-state index is 12.3. The van der Waals surface area contributed by atoms with Crippen LogP contribution in [0.15, 0.2) is 53.6 Å². The average molecular weight is 357 g/mol. The molecule has 0 radical (unpaired) electrons. The minimum atomic E-state index is -0.397. The first-order chi connectivity index (χ1) is 12.7. The molecular weight excluding hydrogens is 334 g/mol. The highest BCUT2D eigenvalue weighted by Crippen LogP contribution is 2.29. The number of urea groups is 1. The number of carbonyl (C=O) groups excluding carboxylic acids is 2. The summed E-state index contributed by atoms with van der Waals surface area (Å²) in [5.41, 5.74) is 3.86. The Bertz CT molecular complexity index is 715. The summed E-state index contributed by atoms with van der Waals surface area (Å²) in [5.74, 6) is 0.0454. The van der Waals surface area contributed by atoms with Gasteiger partial charge in [0.15, 0.2) is 0 Å². The van der Waals surface area contributed by atoms with Crippen molar-refractivity contribution in [2.75, 3.05) is 26.2 Å². The topological polar surface area (TPSA) is 90.9 Å². The van der Waals surface area contributed by atoms with Crippen LogP contribution in [0.1, 0.15) is 12.8 Å². The Kier molecular flexibility index (Phi) is 5.91. The first kappa shape index (κ1) is 18.0. The highest BCUT2D eigenvalue weighted by atomic mass is 16.5. The Morgan fingerprint density at radius 1 is 1.23 bits per heavy atom. The number of ether oxygens (including phenoxy) is 1. The van der Waals surface area contributed by atoms with Crippen LogP contribution in [0, 0.1) is 5.92 Å². The van der Waals surface area contributed by atoms with Crippen molar-refractivity contribution in [2.24, 2.45) is 5.92 Å². The predicted octanol–water partition coefficient (Wildman–Crippen LogP) is 1.86. The van der Waals surface area contributed by atoms with Crippen molar-refractivity contribution < 1.29 is 19.5 Å². The van der Waals surface area contributed by atoms with Crippen molar-refractivity contribution in [3.8, 4) is 5.75 Å². The minimum absolute atomic E-state index is 0.114. The smallest absolute Gasteiger partial charge is 0.317 e. The van der Waals surface area contributed by atoms with Gasteiger partial charge in [0, 0.05) is 13.1 Å². The van der Waals surface area contributed by atoms with Crippen LogP contribution in [0.25, 0.3) is 0 Å². The van der Waals surface area contributed by atoms with Gasteiger partial charge in [-0.1, -0.05) is 30.4 Å². The number of hydroxylamine groups is 1. The van der Waals surface area contributed by atoms with Gasteiger partial charge in [-0.05, 0) is 36.1 Å². The molecule has 3 N–H and O–H groups in total. The van der Waals surface area contributed by atoms with Gasteiger partial charge < -0.3 is 15.0 Å². The van der Waals surface area contributed by atoms with E-state index in [9.17, 15) is 9.59 Å². The largest absolute Gasteiger partial charge is 0.492 e. The summed E-state index contributed by atoms with van der Waals surface area (Å²) >= 11 is 0. The maximum Gasteiger partial charge on any atom is 0.317 e. The number of fused-ring (bicyclic) bond motifs is 1. The molecule has 1 aromatic rings. The normalized spacial score (nSPS) is 19.0. The van der Waals surface area contributed by atoms with E-state index in [1.54, 1.807) is 10.4 Å². The summed E-state index contributed by atoms with van der Waals surface area (Å²) in [6, 6.07) is 9.36. The van der Waals surface area contributed by atoms with Crippen LogP contribution in [-0.2, 0) is 4.79 Å². The van der Waals surface area contributed by atoms with Crippen LogP contribution in [0.4, 0.5) is 4.79 Å². The summed E-state index contributed by atoms with van der Waals surface area (Å²) in [4.78, 5) is 25.6. The highest BCUT2D eigenvalue weighted by molar-refractivity contribution is 5.80. The zero-order valence-electron chi connectivity index (χ0n) is 14.5. The first-order valence-corrected chi connectivity index (χ1v) is 8.72. The number of rotatable bonds is 5. The molecule has 1 aliphatic carbocycles. The summed E-state index contributed by atoms with van der Waals surface area (Å²) in [6.07, 6.45) is 5.11. The van der Waals surface area contributed by atoms with E-state index in [-0.39, 0.29) is 11.9 Å². The molecule has 0 saturated carbocycles. The van der Waals surface area contributed by atoms with Crippen LogP contribution in [0.3, 0.4) is 0 Å². The maximum atomic E-state index is 12.3. The summed E-state index contributed by atoms with van der Waals surface area (Å²) < 4.78 is 5.56. The Balaban J connectivity index is 1.44. The number of allylic oxidation sites excluding steroid dienone is 1. The lowest BCUT2D eigenvalue weighted by Crippen LogP contribution is -2.45. The van der Waals surface area contributed by atoms with Crippen molar-refractivity contribution in [1.29, 1.82) is 0 Å². The average Bonchev–Trinajstić information content (AvgIpc) is 2.70. The molecule has 138 valence electrons. The van der Waals surface area contributed by atoms with E-state index in [1.807, 2.05) is 42.5 Å². The second kappa shape index (κ2) is 8.53. The molecular formula is C19H23N3O4. The third kappa shape index (κ3) is 4.43. The highest BCUT2D eigenvalue weighted by Gasteiger charge is 2.27. The number of nitrogens with zero attached hydrogens (tertiary/aromatic N) is 1. The molecule has 26 heavy (non-hydrogen) atoms. The van der Waals surface area contributed by atoms with Crippen molar-refractivity contribution in [1.82, 2.24) is 15.7 Å². The number of benzene rings is 1. The van der Waals surface area contributed by atoms with E-state index >= 15 is 0 Å². The van der Waals surface area contributed by atoms with Gasteiger partial charge in [0.2, 0.25) is 0 Å². The standard InChI is InChI=1S/C19H23N3O4/c23-18(21-25)15-6-7-16-13-22(10-8-14(16)12-15)19(24)20-9-11-26-17-4-2-1-3-5-17/h1-5,7,12,15,25H,6,8-11,13H2,(H,20,24)(H,21,23). The fourth-order valence-electron chi connectivity index (χ4n) is 3.16. The van der Waals surface area contributed by atoms with Gasteiger partial charge in [0.25, 0.3) is 5.91 Å². The SMILES string of the molecule is O=C(NO)C1C=C2CCN(C(=O)NCCOc3ccccc3)CC2=CC1. The zero-order valence-corrected chi connectivity index (χ0v) is 14.5. The van der Waals surface area contributed by atoms with E-state index in [4.69, 9.17) is 9.94 Å². The lowest BCUT2D eigenvalue weighted by atomic mass is 9.86. The number of hydrogen-bond acceptors (Lipinski definition) is 4. The molecule has 1 unspecified atom stereocenters. The molecule has 7 nitrogen and oxygen atoms in total. The molecule has 1 atom stereocenters. The van der Waals surface area contributed by atoms with Gasteiger partial charge in [-0.2, -0.15) is 0 Å². The molecule has 3 rings (SSSR count). The van der Waals surface area contributed by atoms with Gasteiger partial charge in [-0.3, -0.25) is 10.0 Å². The van der Waals surface area contributed by atoms with Gasteiger partial charge in [-0.25, -0.2) is 10.3 Å². The van der Waals surface area contributed by atoms with Crippen molar-refractivity contribution >= 4 is 11.9 Å². The van der Waals surface area contributed by atoms with Gasteiger partial charge in [0.1, 0.15) is 12.4 Å². The van der Waals surface area contributed by atoms with Crippen molar-refractivity contribution in [2.45, 2.75) is 12.8 Å². The molecule has 1 aromatic carbocycles. The lowest BCUT2D eigenvalue weighted by Gasteiger charge is -2.33. The molecule has 3 amide bonds. The molecule has 1 fully saturated rings. The number of hydrogen-bond donors (Lipinski definition) is 3. The number of nitrogens with one attached hydrogen (secondary N) is 2. The Morgan fingerprint density at radius 2 is 2.04 bits per heavy atom. The Morgan fingerprint density at radius 3 is 2.81 bits per heavy atom. The van der Waals surface area contributed by atoms with E-state index in [2.05, 4.69) is 5.32 Å². The third-order valence-electron chi connectivity index (χ3n) is 4.57. The molecule has 0 aromatic heterocycles. The molecule has 2 aliphatic rings. The fourth-order valence-corrected chi connectivity index (χ4v) is 3.16. The van der Waals surface area contributed by atoms with Crippen molar-refractivity contribution in [3.63, 3.8) is 0 Å². The molecule has 0 spiro atoms. The second-order valence-corrected chi connectivity index (χ2v) is 6.30. The van der Waals surface area contributed by atoms with Gasteiger partial charge in [-0.15, -0.1) is 0 Å². The number of para-hydroxylation sites is 1. The first-order valence-electron chi connectivity index (χ1n) is 8.72. The fraction of sp³-hybridized carbons (Fsp3) is 0.368. The summed E-state index contributed by atoms with van der Waals surface area (Å²) in [5, 5.41) is 11.6. The van der Waals surface area contributed by atoms with Crippen LogP contribution >= 0.6 is 0 Å². The second-order valence-electron chi connectivity index (χ2n) is 6.30. The van der Waals surface area contributed by atoms with Gasteiger partial charge >= 0.3 is 6.03 Å². The monoisotopic (exact) mass is 357 g/mol. The number of carbonyl (C=O) groups is 2. The third-order valence-corrected chi connectivity index (χ3v) is 4.57. The van der Waals surface area contributed by atoms with Crippen LogP contribution in [-0.4, -0.2) is 48.3 Å². The number of piperidine rings is 1. The van der Waals surface area contributed by atoms with E-state index in [0.29, 0.717) is 39.1 Å². The predicted molar refractivity (Wildman–Crippen MR) is 95.7 cm³/mol. The van der Waals surface area contributed by atoms with E-state index in [0.717, 1.165) is 16.9 Å². The molecule has 0 bridgehead atoms. The lowest BCUT2D eigenvalue weighted by molar-refractivity contribution is -0.131. The Hall–Kier alpha value is -2.80. The quantitative estimate of drug-likeness (QED) is 0.426.